The highest BCUT2D eigenvalue weighted by Crippen LogP contribution is 2.41. The van der Waals surface area contributed by atoms with E-state index in [9.17, 15) is 14.3 Å². The summed E-state index contributed by atoms with van der Waals surface area (Å²) < 4.78 is 26.0. The number of aliphatic hydroxyl groups is 1. The van der Waals surface area contributed by atoms with E-state index in [0.717, 1.165) is 62.6 Å². The molecule has 0 bridgehead atoms. The van der Waals surface area contributed by atoms with E-state index in [1.54, 1.807) is 6.07 Å². The summed E-state index contributed by atoms with van der Waals surface area (Å²) in [5.74, 6) is -0.515. The van der Waals surface area contributed by atoms with Gasteiger partial charge in [0.05, 0.1) is 24.5 Å². The van der Waals surface area contributed by atoms with Crippen molar-refractivity contribution < 1.29 is 23.8 Å². The zero-order valence-electron chi connectivity index (χ0n) is 21.7. The van der Waals surface area contributed by atoms with Crippen molar-refractivity contribution in [1.82, 2.24) is 0 Å². The second-order valence-electron chi connectivity index (χ2n) is 10.1. The lowest BCUT2D eigenvalue weighted by Gasteiger charge is -2.42. The summed E-state index contributed by atoms with van der Waals surface area (Å²) in [4.78, 5) is 14.5. The number of halogens is 2. The lowest BCUT2D eigenvalue weighted by molar-refractivity contribution is 0.0461. The summed E-state index contributed by atoms with van der Waals surface area (Å²) >= 11 is 6.25. The third kappa shape index (κ3) is 6.66. The van der Waals surface area contributed by atoms with Crippen molar-refractivity contribution >= 4 is 23.3 Å². The minimum Gasteiger partial charge on any atom is -0.487 e. The molecule has 0 radical (unpaired) electrons. The van der Waals surface area contributed by atoms with Crippen LogP contribution in [0.2, 0.25) is 5.02 Å². The fraction of sp³-hybridized carbons (Fsp3) is 0.500. The Labute approximate surface area is 224 Å². The molecule has 0 amide bonds. The summed E-state index contributed by atoms with van der Waals surface area (Å²) in [7, 11) is 1.25. The van der Waals surface area contributed by atoms with Crippen molar-refractivity contribution in [2.45, 2.75) is 64.6 Å². The molecule has 1 N–H and O–H groups in total. The molecule has 1 saturated carbocycles. The first-order valence-corrected chi connectivity index (χ1v) is 13.7. The van der Waals surface area contributed by atoms with E-state index in [1.807, 2.05) is 24.3 Å². The van der Waals surface area contributed by atoms with E-state index < -0.39 is 17.9 Å². The fourth-order valence-electron chi connectivity index (χ4n) is 5.32. The molecule has 1 fully saturated rings. The van der Waals surface area contributed by atoms with E-state index in [0.29, 0.717) is 28.9 Å². The van der Waals surface area contributed by atoms with Gasteiger partial charge < -0.3 is 19.5 Å². The molecule has 0 aromatic heterocycles. The average molecular weight is 530 g/mol. The number of nitrogens with zero attached hydrogens (tertiary/aromatic N) is 1. The second kappa shape index (κ2) is 12.8. The molecule has 3 atom stereocenters. The maximum absolute atomic E-state index is 15.0. The van der Waals surface area contributed by atoms with Crippen LogP contribution in [0.1, 0.15) is 66.9 Å². The predicted molar refractivity (Wildman–Crippen MR) is 145 cm³/mol. The Morgan fingerprint density at radius 2 is 2.11 bits per heavy atom. The predicted octanol–water partition coefficient (Wildman–Crippen LogP) is 6.73. The molecule has 5 nitrogen and oxygen atoms in total. The van der Waals surface area contributed by atoms with Crippen LogP contribution < -0.4 is 9.64 Å². The third-order valence-electron chi connectivity index (χ3n) is 7.63. The first kappa shape index (κ1) is 27.5. The van der Waals surface area contributed by atoms with Gasteiger partial charge in [-0.2, -0.15) is 0 Å². The van der Waals surface area contributed by atoms with Gasteiger partial charge in [-0.15, -0.1) is 0 Å². The minimum atomic E-state index is -0.715. The number of aryl methyl sites for hydroxylation is 1. The number of hydrogen-bond acceptors (Lipinski definition) is 5. The molecule has 1 heterocycles. The largest absolute Gasteiger partial charge is 0.487 e. The van der Waals surface area contributed by atoms with E-state index in [-0.39, 0.29) is 18.1 Å². The van der Waals surface area contributed by atoms with Crippen LogP contribution in [0.3, 0.4) is 0 Å². The molecule has 1 aliphatic heterocycles. The molecular weight excluding hydrogens is 493 g/mol. The van der Waals surface area contributed by atoms with E-state index in [2.05, 4.69) is 17.9 Å². The number of fused-ring (bicyclic) bond motifs is 2. The molecule has 0 saturated heterocycles. The number of unbranched alkanes of at least 4 members (excludes halogenated alkanes) is 1. The van der Waals surface area contributed by atoms with Crippen molar-refractivity contribution in [2.24, 2.45) is 11.8 Å². The molecule has 2 aromatic carbocycles. The highest BCUT2D eigenvalue weighted by atomic mass is 35.5. The smallest absolute Gasteiger partial charge is 0.340 e. The van der Waals surface area contributed by atoms with Crippen LogP contribution in [0.5, 0.6) is 5.75 Å². The van der Waals surface area contributed by atoms with Crippen molar-refractivity contribution in [3.63, 3.8) is 0 Å². The Bertz CT molecular complexity index is 1120. The number of aliphatic hydroxyl groups excluding tert-OH is 1. The summed E-state index contributed by atoms with van der Waals surface area (Å²) in [5.41, 5.74) is 2.72. The molecule has 2 aromatic rings. The van der Waals surface area contributed by atoms with Gasteiger partial charge in [-0.3, -0.25) is 0 Å². The number of esters is 1. The quantitative estimate of drug-likeness (QED) is 0.318. The second-order valence-corrected chi connectivity index (χ2v) is 10.5. The number of benzene rings is 2. The number of methoxy groups -OCH3 is 1. The third-order valence-corrected chi connectivity index (χ3v) is 7.86. The molecule has 4 rings (SSSR count). The van der Waals surface area contributed by atoms with Gasteiger partial charge in [0.2, 0.25) is 0 Å². The van der Waals surface area contributed by atoms with Gasteiger partial charge in [-0.05, 0) is 79.7 Å². The summed E-state index contributed by atoms with van der Waals surface area (Å²) in [6, 6.07) is 8.63. The maximum atomic E-state index is 15.0. The summed E-state index contributed by atoms with van der Waals surface area (Å²) in [5, 5.41) is 11.5. The van der Waals surface area contributed by atoms with Crippen molar-refractivity contribution in [1.29, 1.82) is 0 Å². The van der Waals surface area contributed by atoms with Crippen LogP contribution in [0.25, 0.3) is 0 Å². The van der Waals surface area contributed by atoms with Gasteiger partial charge >= 0.3 is 5.97 Å². The summed E-state index contributed by atoms with van der Waals surface area (Å²) in [6.45, 7) is 3.82. The van der Waals surface area contributed by atoms with Gasteiger partial charge in [-0.1, -0.05) is 43.2 Å². The van der Waals surface area contributed by atoms with E-state index in [1.165, 1.54) is 13.2 Å². The Kier molecular flexibility index (Phi) is 9.49. The Balaban J connectivity index is 1.64. The molecular formula is C30H37ClFNO4. The van der Waals surface area contributed by atoms with Gasteiger partial charge in [0.25, 0.3) is 0 Å². The Morgan fingerprint density at radius 1 is 1.27 bits per heavy atom. The Hall–Kier alpha value is -2.57. The van der Waals surface area contributed by atoms with Crippen LogP contribution >= 0.6 is 11.6 Å². The first-order valence-electron chi connectivity index (χ1n) is 13.3. The number of carbonyl (C=O) groups is 1. The van der Waals surface area contributed by atoms with Gasteiger partial charge in [0.15, 0.2) is 0 Å². The van der Waals surface area contributed by atoms with Crippen LogP contribution in [0, 0.1) is 17.7 Å². The van der Waals surface area contributed by atoms with E-state index in [4.69, 9.17) is 21.1 Å². The molecule has 37 heavy (non-hydrogen) atoms. The fourth-order valence-corrected chi connectivity index (χ4v) is 5.52. The van der Waals surface area contributed by atoms with Crippen LogP contribution in [-0.2, 0) is 17.8 Å². The standard InChI is InChI=1S/C30H37ClFNO4/c1-3-4-5-9-28(34)24-13-11-21(24)18-33-14-7-6-8-20-15-23(31)12-10-22(20)19-37-29-17-26(32)25(16-27(29)33)30(35)36-2/h5,9-10,12,15-17,21,24,28,34H,3-4,6-8,11,13-14,18-19H2,1-2H3/b9-5+/t21-,24+,28-/m0/s1. The van der Waals surface area contributed by atoms with Crippen LogP contribution in [0.4, 0.5) is 10.1 Å². The highest BCUT2D eigenvalue weighted by Gasteiger charge is 2.37. The minimum absolute atomic E-state index is 0.107. The zero-order valence-corrected chi connectivity index (χ0v) is 22.5. The number of carbonyl (C=O) groups excluding carboxylic acids is 1. The maximum Gasteiger partial charge on any atom is 0.340 e. The molecule has 0 unspecified atom stereocenters. The topological polar surface area (TPSA) is 59.0 Å². The number of hydrogen-bond donors (Lipinski definition) is 1. The van der Waals surface area contributed by atoms with Gasteiger partial charge in [-0.25, -0.2) is 9.18 Å². The lowest BCUT2D eigenvalue weighted by atomic mass is 9.70. The summed E-state index contributed by atoms with van der Waals surface area (Å²) in [6.07, 6.45) is 10.3. The van der Waals surface area contributed by atoms with Crippen molar-refractivity contribution in [3.8, 4) is 5.75 Å². The van der Waals surface area contributed by atoms with Crippen LogP contribution in [-0.4, -0.2) is 37.4 Å². The number of rotatable bonds is 7. The molecule has 200 valence electrons. The number of ether oxygens (including phenoxy) is 2. The van der Waals surface area contributed by atoms with Crippen molar-refractivity contribution in [2.75, 3.05) is 25.1 Å². The molecule has 2 aliphatic rings. The Morgan fingerprint density at radius 3 is 2.84 bits per heavy atom. The van der Waals surface area contributed by atoms with Crippen molar-refractivity contribution in [3.05, 3.63) is 70.0 Å². The SMILES string of the molecule is CCC/C=C/[C@H](O)[C@@H]1CC[C@H]1CN1CCCCc2cc(Cl)ccc2COc2cc(F)c(C(=O)OC)cc21. The zero-order chi connectivity index (χ0) is 26.4. The lowest BCUT2D eigenvalue weighted by Crippen LogP contribution is -2.43. The number of allylic oxidation sites excluding steroid dienone is 1. The van der Waals surface area contributed by atoms with E-state index >= 15 is 0 Å². The average Bonchev–Trinajstić information content (AvgIpc) is 2.89. The highest BCUT2D eigenvalue weighted by molar-refractivity contribution is 6.30. The monoisotopic (exact) mass is 529 g/mol. The molecule has 0 spiro atoms. The molecule has 1 aliphatic carbocycles. The molecule has 7 heteroatoms. The van der Waals surface area contributed by atoms with Gasteiger partial charge in [0, 0.05) is 24.2 Å². The van der Waals surface area contributed by atoms with Crippen LogP contribution in [0.15, 0.2) is 42.5 Å². The number of anilines is 1. The first-order chi connectivity index (χ1) is 17.9. The normalized spacial score (nSPS) is 20.7. The van der Waals surface area contributed by atoms with Gasteiger partial charge in [0.1, 0.15) is 18.2 Å².